The van der Waals surface area contributed by atoms with Crippen LogP contribution in [0.5, 0.6) is 11.5 Å². The van der Waals surface area contributed by atoms with Crippen molar-refractivity contribution in [2.45, 2.75) is 44.4 Å². The molecule has 23 heavy (non-hydrogen) atoms. The number of nitrogen functional groups attached to an aromatic ring is 1. The van der Waals surface area contributed by atoms with E-state index in [9.17, 15) is 8.42 Å². The van der Waals surface area contributed by atoms with E-state index in [0.29, 0.717) is 24.5 Å². The molecule has 1 aromatic carbocycles. The van der Waals surface area contributed by atoms with Crippen LogP contribution in [0.3, 0.4) is 0 Å². The van der Waals surface area contributed by atoms with Gasteiger partial charge in [0, 0.05) is 25.2 Å². The summed E-state index contributed by atoms with van der Waals surface area (Å²) < 4.78 is 38.0. The number of ether oxygens (including phenoxy) is 2. The van der Waals surface area contributed by atoms with E-state index in [-0.39, 0.29) is 10.6 Å². The molecule has 0 aliphatic carbocycles. The molecule has 7 heteroatoms. The predicted molar refractivity (Wildman–Crippen MR) is 92.5 cm³/mol. The molecule has 0 saturated heterocycles. The Morgan fingerprint density at radius 2 is 1.52 bits per heavy atom. The molecule has 2 N–H and O–H groups in total. The molecule has 0 amide bonds. The summed E-state index contributed by atoms with van der Waals surface area (Å²) in [5.74, 6) is 0.566. The number of nitrogens with zero attached hydrogens (tertiary/aromatic N) is 1. The number of benzene rings is 1. The van der Waals surface area contributed by atoms with Crippen LogP contribution in [-0.4, -0.2) is 40.0 Å². The van der Waals surface area contributed by atoms with Crippen molar-refractivity contribution in [3.05, 3.63) is 12.1 Å². The van der Waals surface area contributed by atoms with Crippen LogP contribution >= 0.6 is 0 Å². The Kier molecular flexibility index (Phi) is 7.64. The standard InChI is InChI=1S/C16H28N2O4S/c1-5-7-9-18(10-8-6-2)23(19,20)16-12-14(21-3)13(17)11-15(16)22-4/h11-12H,5-10,17H2,1-4H3. The Morgan fingerprint density at radius 3 is 1.96 bits per heavy atom. The predicted octanol–water partition coefficient (Wildman–Crippen LogP) is 2.88. The molecule has 0 bridgehead atoms. The lowest BCUT2D eigenvalue weighted by atomic mass is 10.3. The van der Waals surface area contributed by atoms with Gasteiger partial charge in [-0.05, 0) is 12.8 Å². The first-order valence-corrected chi connectivity index (χ1v) is 9.37. The smallest absolute Gasteiger partial charge is 0.246 e. The summed E-state index contributed by atoms with van der Waals surface area (Å²) in [5, 5.41) is 0. The van der Waals surface area contributed by atoms with Gasteiger partial charge >= 0.3 is 0 Å². The zero-order valence-corrected chi connectivity index (χ0v) is 15.3. The number of anilines is 1. The van der Waals surface area contributed by atoms with E-state index in [2.05, 4.69) is 0 Å². The van der Waals surface area contributed by atoms with E-state index in [1.54, 1.807) is 0 Å². The van der Waals surface area contributed by atoms with Crippen molar-refractivity contribution in [3.8, 4) is 11.5 Å². The summed E-state index contributed by atoms with van der Waals surface area (Å²) in [6, 6.07) is 2.93. The summed E-state index contributed by atoms with van der Waals surface area (Å²) in [7, 11) is -0.773. The number of hydrogen-bond donors (Lipinski definition) is 1. The summed E-state index contributed by atoms with van der Waals surface area (Å²) >= 11 is 0. The highest BCUT2D eigenvalue weighted by molar-refractivity contribution is 7.89. The highest BCUT2D eigenvalue weighted by atomic mass is 32.2. The molecule has 0 heterocycles. The van der Waals surface area contributed by atoms with Crippen LogP contribution < -0.4 is 15.2 Å². The minimum atomic E-state index is -3.66. The Labute approximate surface area is 139 Å². The van der Waals surface area contributed by atoms with Crippen molar-refractivity contribution >= 4 is 15.7 Å². The van der Waals surface area contributed by atoms with Gasteiger partial charge < -0.3 is 15.2 Å². The van der Waals surface area contributed by atoms with Gasteiger partial charge in [-0.2, -0.15) is 4.31 Å². The minimum absolute atomic E-state index is 0.0956. The molecule has 0 spiro atoms. The quantitative estimate of drug-likeness (QED) is 0.660. The molecule has 1 aromatic rings. The molecule has 6 nitrogen and oxygen atoms in total. The lowest BCUT2D eigenvalue weighted by Crippen LogP contribution is -2.33. The molecule has 0 aliphatic rings. The van der Waals surface area contributed by atoms with Crippen LogP contribution in [0.15, 0.2) is 17.0 Å². The lowest BCUT2D eigenvalue weighted by Gasteiger charge is -2.23. The van der Waals surface area contributed by atoms with Crippen LogP contribution in [0.25, 0.3) is 0 Å². The zero-order valence-electron chi connectivity index (χ0n) is 14.5. The highest BCUT2D eigenvalue weighted by Crippen LogP contribution is 2.35. The molecular formula is C16H28N2O4S. The summed E-state index contributed by atoms with van der Waals surface area (Å²) in [4.78, 5) is 0.0956. The number of hydrogen-bond acceptors (Lipinski definition) is 5. The molecule has 0 radical (unpaired) electrons. The molecule has 0 saturated carbocycles. The third-order valence-corrected chi connectivity index (χ3v) is 5.58. The molecule has 0 aliphatic heterocycles. The van der Waals surface area contributed by atoms with Gasteiger partial charge in [-0.25, -0.2) is 8.42 Å². The molecule has 1 rings (SSSR count). The molecule has 0 unspecified atom stereocenters. The minimum Gasteiger partial charge on any atom is -0.495 e. The average molecular weight is 344 g/mol. The van der Waals surface area contributed by atoms with Gasteiger partial charge in [0.25, 0.3) is 0 Å². The SMILES string of the molecule is CCCCN(CCCC)S(=O)(=O)c1cc(OC)c(N)cc1OC. The van der Waals surface area contributed by atoms with Crippen molar-refractivity contribution < 1.29 is 17.9 Å². The van der Waals surface area contributed by atoms with E-state index in [1.807, 2.05) is 13.8 Å². The van der Waals surface area contributed by atoms with Gasteiger partial charge in [0.05, 0.1) is 19.9 Å². The fraction of sp³-hybridized carbons (Fsp3) is 0.625. The summed E-state index contributed by atoms with van der Waals surface area (Å²) in [6.07, 6.45) is 3.50. The number of sulfonamides is 1. The van der Waals surface area contributed by atoms with Crippen molar-refractivity contribution in [2.75, 3.05) is 33.0 Å². The van der Waals surface area contributed by atoms with Gasteiger partial charge in [-0.3, -0.25) is 0 Å². The monoisotopic (exact) mass is 344 g/mol. The second-order valence-corrected chi connectivity index (χ2v) is 7.26. The second-order valence-electron chi connectivity index (χ2n) is 5.36. The lowest BCUT2D eigenvalue weighted by molar-refractivity contribution is 0.376. The Hall–Kier alpha value is -1.47. The van der Waals surface area contributed by atoms with Gasteiger partial charge in [-0.1, -0.05) is 26.7 Å². The first-order valence-electron chi connectivity index (χ1n) is 7.93. The molecule has 132 valence electrons. The Balaban J connectivity index is 3.31. The van der Waals surface area contributed by atoms with E-state index < -0.39 is 10.0 Å². The summed E-state index contributed by atoms with van der Waals surface area (Å²) in [6.45, 7) is 5.07. The normalized spacial score (nSPS) is 11.7. The number of nitrogens with two attached hydrogens (primary N) is 1. The van der Waals surface area contributed by atoms with Gasteiger partial charge in [0.2, 0.25) is 10.0 Å². The molecule has 0 atom stereocenters. The van der Waals surface area contributed by atoms with Gasteiger partial charge in [-0.15, -0.1) is 0 Å². The average Bonchev–Trinajstić information content (AvgIpc) is 2.54. The first-order chi connectivity index (χ1) is 10.9. The zero-order chi connectivity index (χ0) is 17.5. The van der Waals surface area contributed by atoms with Crippen LogP contribution in [0.4, 0.5) is 5.69 Å². The summed E-state index contributed by atoms with van der Waals surface area (Å²) in [5.41, 5.74) is 6.19. The fourth-order valence-electron chi connectivity index (χ4n) is 2.26. The maximum atomic E-state index is 13.1. The Bertz CT molecular complexity index is 594. The molecule has 0 fully saturated rings. The van der Waals surface area contributed by atoms with E-state index in [4.69, 9.17) is 15.2 Å². The fourth-order valence-corrected chi connectivity index (χ4v) is 3.92. The van der Waals surface area contributed by atoms with E-state index in [0.717, 1.165) is 25.7 Å². The number of rotatable bonds is 10. The van der Waals surface area contributed by atoms with Gasteiger partial charge in [0.1, 0.15) is 16.4 Å². The van der Waals surface area contributed by atoms with Crippen LogP contribution in [0.1, 0.15) is 39.5 Å². The largest absolute Gasteiger partial charge is 0.495 e. The number of methoxy groups -OCH3 is 2. The van der Waals surface area contributed by atoms with Gasteiger partial charge in [0.15, 0.2) is 0 Å². The van der Waals surface area contributed by atoms with Crippen LogP contribution in [-0.2, 0) is 10.0 Å². The van der Waals surface area contributed by atoms with Crippen LogP contribution in [0, 0.1) is 0 Å². The van der Waals surface area contributed by atoms with E-state index in [1.165, 1.54) is 30.7 Å². The van der Waals surface area contributed by atoms with Crippen LogP contribution in [0.2, 0.25) is 0 Å². The van der Waals surface area contributed by atoms with Crippen molar-refractivity contribution in [1.82, 2.24) is 4.31 Å². The van der Waals surface area contributed by atoms with Crippen molar-refractivity contribution in [2.24, 2.45) is 0 Å². The number of unbranched alkanes of at least 4 members (excludes halogenated alkanes) is 2. The van der Waals surface area contributed by atoms with Crippen molar-refractivity contribution in [3.63, 3.8) is 0 Å². The third-order valence-electron chi connectivity index (χ3n) is 3.66. The Morgan fingerprint density at radius 1 is 1.00 bits per heavy atom. The first kappa shape index (κ1) is 19.6. The highest BCUT2D eigenvalue weighted by Gasteiger charge is 2.28. The topological polar surface area (TPSA) is 81.9 Å². The van der Waals surface area contributed by atoms with E-state index >= 15 is 0 Å². The maximum Gasteiger partial charge on any atom is 0.246 e. The maximum absolute atomic E-state index is 13.1. The second kappa shape index (κ2) is 8.98. The third kappa shape index (κ3) is 4.75. The molecule has 0 aromatic heterocycles. The molecular weight excluding hydrogens is 316 g/mol. The van der Waals surface area contributed by atoms with Crippen molar-refractivity contribution in [1.29, 1.82) is 0 Å².